The van der Waals surface area contributed by atoms with Gasteiger partial charge in [-0.3, -0.25) is 38.3 Å². The number of azide groups is 1. The molecule has 0 unspecified atom stereocenters. The number of nitrogens with zero attached hydrogens (tertiary/aromatic N) is 5. The number of carbonyl (C=O) groups excluding carboxylic acids is 2. The van der Waals surface area contributed by atoms with E-state index in [2.05, 4.69) is 25.3 Å². The number of nitrogens with one attached hydrogen (secondary N) is 3. The van der Waals surface area contributed by atoms with Crippen LogP contribution in [0.25, 0.3) is 10.4 Å². The van der Waals surface area contributed by atoms with Crippen molar-refractivity contribution in [2.24, 2.45) is 11.0 Å². The van der Waals surface area contributed by atoms with Crippen LogP contribution in [0.4, 0.5) is 0 Å². The zero-order chi connectivity index (χ0) is 31.8. The van der Waals surface area contributed by atoms with Gasteiger partial charge in [-0.25, -0.2) is 9.59 Å². The van der Waals surface area contributed by atoms with E-state index in [0.717, 1.165) is 17.6 Å². The highest BCUT2D eigenvalue weighted by atomic mass is 16.8. The fourth-order valence-corrected chi connectivity index (χ4v) is 5.69. The van der Waals surface area contributed by atoms with Gasteiger partial charge in [0.2, 0.25) is 5.91 Å². The predicted molar refractivity (Wildman–Crippen MR) is 145 cm³/mol. The van der Waals surface area contributed by atoms with Crippen LogP contribution in [-0.2, 0) is 33.3 Å². The summed E-state index contributed by atoms with van der Waals surface area (Å²) in [5.74, 6) is -3.14. The average molecular weight is 619 g/mol. The molecule has 0 radical (unpaired) electrons. The van der Waals surface area contributed by atoms with E-state index in [9.17, 15) is 28.8 Å². The van der Waals surface area contributed by atoms with Gasteiger partial charge in [-0.05, 0) is 19.4 Å². The Hall–Kier alpha value is -4.55. The van der Waals surface area contributed by atoms with Crippen LogP contribution in [0.15, 0.2) is 48.8 Å². The molecule has 3 N–H and O–H groups in total. The lowest BCUT2D eigenvalue weighted by atomic mass is 9.93. The SMILES string of the molecule is CC(=O)O[C@@H]1[C@H](CC(=O)NC[C@H]2O[C@@H](n3ccc(=O)[nH]c3=O)[C@@H]3OC(C)(C)O[C@@H]32)[C@@H](CN=[N+]=[N-])O[C@H]1n1ccc(=O)[nH]c1=O. The highest BCUT2D eigenvalue weighted by Crippen LogP contribution is 2.42. The second-order valence-corrected chi connectivity index (χ2v) is 10.9. The van der Waals surface area contributed by atoms with Gasteiger partial charge in [-0.15, -0.1) is 0 Å². The van der Waals surface area contributed by atoms with Crippen LogP contribution in [0.1, 0.15) is 39.6 Å². The minimum absolute atomic E-state index is 0.0797. The van der Waals surface area contributed by atoms with Gasteiger partial charge in [-0.2, -0.15) is 0 Å². The lowest BCUT2D eigenvalue weighted by Crippen LogP contribution is -2.42. The number of ether oxygens (including phenoxy) is 5. The van der Waals surface area contributed by atoms with Crippen molar-refractivity contribution in [2.75, 3.05) is 13.1 Å². The van der Waals surface area contributed by atoms with E-state index >= 15 is 0 Å². The van der Waals surface area contributed by atoms with Gasteiger partial charge in [-0.1, -0.05) is 5.11 Å². The van der Waals surface area contributed by atoms with Gasteiger partial charge in [0.25, 0.3) is 11.1 Å². The molecule has 0 saturated carbocycles. The topological polar surface area (TPSA) is 251 Å². The molecule has 236 valence electrons. The first-order valence-corrected chi connectivity index (χ1v) is 13.6. The monoisotopic (exact) mass is 618 g/mol. The molecule has 19 nitrogen and oxygen atoms in total. The lowest BCUT2D eigenvalue weighted by Gasteiger charge is -2.25. The normalized spacial score (nSPS) is 30.3. The number of fused-ring (bicyclic) bond motifs is 1. The van der Waals surface area contributed by atoms with Crippen LogP contribution in [0.5, 0.6) is 0 Å². The van der Waals surface area contributed by atoms with Crippen molar-refractivity contribution in [3.63, 3.8) is 0 Å². The molecular formula is C25H30N8O11. The minimum Gasteiger partial charge on any atom is -0.457 e. The van der Waals surface area contributed by atoms with Crippen LogP contribution in [0.2, 0.25) is 0 Å². The first-order chi connectivity index (χ1) is 20.9. The molecule has 3 aliphatic heterocycles. The summed E-state index contributed by atoms with van der Waals surface area (Å²) in [7, 11) is 0. The third-order valence-electron chi connectivity index (χ3n) is 7.42. The largest absolute Gasteiger partial charge is 0.457 e. The van der Waals surface area contributed by atoms with Gasteiger partial charge in [0.05, 0.1) is 12.6 Å². The molecule has 5 heterocycles. The molecule has 2 aromatic heterocycles. The number of esters is 1. The van der Waals surface area contributed by atoms with Crippen molar-refractivity contribution < 1.29 is 33.3 Å². The Morgan fingerprint density at radius 2 is 1.59 bits per heavy atom. The van der Waals surface area contributed by atoms with Crippen molar-refractivity contribution in [3.8, 4) is 0 Å². The van der Waals surface area contributed by atoms with E-state index < -0.39 is 89.1 Å². The zero-order valence-corrected chi connectivity index (χ0v) is 23.8. The summed E-state index contributed by atoms with van der Waals surface area (Å²) in [6.45, 7) is 4.21. The second-order valence-electron chi connectivity index (χ2n) is 10.9. The highest BCUT2D eigenvalue weighted by molar-refractivity contribution is 5.76. The summed E-state index contributed by atoms with van der Waals surface area (Å²) in [4.78, 5) is 80.4. The maximum atomic E-state index is 13.3. The Bertz CT molecular complexity index is 1710. The third-order valence-corrected chi connectivity index (χ3v) is 7.42. The van der Waals surface area contributed by atoms with Crippen molar-refractivity contribution in [1.82, 2.24) is 24.4 Å². The van der Waals surface area contributed by atoms with Crippen LogP contribution in [0, 0.1) is 5.92 Å². The molecule has 3 fully saturated rings. The molecule has 19 heteroatoms. The smallest absolute Gasteiger partial charge is 0.330 e. The summed E-state index contributed by atoms with van der Waals surface area (Å²) in [5, 5.41) is 6.29. The van der Waals surface area contributed by atoms with Gasteiger partial charge in [0, 0.05) is 55.2 Å². The zero-order valence-electron chi connectivity index (χ0n) is 23.8. The Balaban J connectivity index is 1.34. The quantitative estimate of drug-likeness (QED) is 0.130. The van der Waals surface area contributed by atoms with Crippen molar-refractivity contribution in [2.45, 2.75) is 76.0 Å². The first kappa shape index (κ1) is 30.9. The van der Waals surface area contributed by atoms with Gasteiger partial charge in [0.1, 0.15) is 18.3 Å². The van der Waals surface area contributed by atoms with Crippen molar-refractivity contribution in [3.05, 3.63) is 76.6 Å². The molecule has 8 atom stereocenters. The van der Waals surface area contributed by atoms with E-state index in [-0.39, 0.29) is 19.5 Å². The molecule has 1 amide bonds. The number of aromatic nitrogens is 4. The van der Waals surface area contributed by atoms with Gasteiger partial charge >= 0.3 is 17.3 Å². The van der Waals surface area contributed by atoms with E-state index in [4.69, 9.17) is 29.2 Å². The number of aromatic amines is 2. The standard InChI is InChI=1S/C25H30N8O11/c1-11(34)40-18-12(13(10-28-31-26)41-21(18)32-6-4-15(35)29-23(32)38)8-17(37)27-9-14-19-20(44-25(2,3)43-19)22(42-14)33-7-5-16(36)30-24(33)39/h4-7,12-14,18-22H,8-10H2,1-3H3,(H,27,37)(H,29,35,38)(H,30,36,39)/t12-,13-,14-,18-,19-,20-,21-,22-/m1/s1. The summed E-state index contributed by atoms with van der Waals surface area (Å²) in [6, 6.07) is 2.25. The fraction of sp³-hybridized carbons (Fsp3) is 0.600. The number of rotatable bonds is 9. The minimum atomic E-state index is -1.23. The predicted octanol–water partition coefficient (Wildman–Crippen LogP) is -1.23. The molecule has 3 saturated heterocycles. The Kier molecular flexibility index (Phi) is 8.57. The highest BCUT2D eigenvalue weighted by Gasteiger charge is 2.56. The second kappa shape index (κ2) is 12.2. The van der Waals surface area contributed by atoms with Crippen LogP contribution < -0.4 is 27.8 Å². The van der Waals surface area contributed by atoms with Gasteiger partial charge in [0.15, 0.2) is 24.3 Å². The fourth-order valence-electron chi connectivity index (χ4n) is 5.69. The van der Waals surface area contributed by atoms with Crippen LogP contribution in [0.3, 0.4) is 0 Å². The van der Waals surface area contributed by atoms with E-state index in [0.29, 0.717) is 0 Å². The van der Waals surface area contributed by atoms with Crippen LogP contribution in [-0.4, -0.2) is 80.4 Å². The number of hydrogen-bond donors (Lipinski definition) is 3. The lowest BCUT2D eigenvalue weighted by molar-refractivity contribution is -0.196. The maximum absolute atomic E-state index is 13.3. The summed E-state index contributed by atoms with van der Waals surface area (Å²) in [6.07, 6.45) is -4.35. The third kappa shape index (κ3) is 6.36. The Morgan fingerprint density at radius 1 is 1.00 bits per heavy atom. The molecular weight excluding hydrogens is 588 g/mol. The summed E-state index contributed by atoms with van der Waals surface area (Å²) >= 11 is 0. The number of carbonyl (C=O) groups is 2. The number of H-pyrrole nitrogens is 2. The molecule has 3 aliphatic rings. The molecule has 5 rings (SSSR count). The molecule has 0 aromatic carbocycles. The molecule has 0 aliphatic carbocycles. The van der Waals surface area contributed by atoms with E-state index in [1.54, 1.807) is 13.8 Å². The van der Waals surface area contributed by atoms with E-state index in [1.165, 1.54) is 23.0 Å². The number of amides is 1. The van der Waals surface area contributed by atoms with E-state index in [1.807, 2.05) is 0 Å². The maximum Gasteiger partial charge on any atom is 0.330 e. The summed E-state index contributed by atoms with van der Waals surface area (Å²) in [5.41, 5.74) is 6.11. The van der Waals surface area contributed by atoms with Crippen molar-refractivity contribution in [1.29, 1.82) is 0 Å². The molecule has 0 spiro atoms. The Labute approximate surface area is 246 Å². The number of hydrogen-bond acceptors (Lipinski definition) is 12. The molecule has 44 heavy (non-hydrogen) atoms. The van der Waals surface area contributed by atoms with Gasteiger partial charge < -0.3 is 29.0 Å². The summed E-state index contributed by atoms with van der Waals surface area (Å²) < 4.78 is 31.6. The average Bonchev–Trinajstić information content (AvgIpc) is 3.54. The first-order valence-electron chi connectivity index (χ1n) is 13.6. The Morgan fingerprint density at radius 3 is 2.18 bits per heavy atom. The van der Waals surface area contributed by atoms with Crippen LogP contribution >= 0.6 is 0 Å². The molecule has 2 aromatic rings. The molecule has 0 bridgehead atoms. The van der Waals surface area contributed by atoms with Crippen molar-refractivity contribution >= 4 is 11.9 Å².